The first-order valence-corrected chi connectivity index (χ1v) is 6.89. The zero-order chi connectivity index (χ0) is 12.5. The van der Waals surface area contributed by atoms with Crippen LogP contribution in [0.4, 0.5) is 0 Å². The molecule has 2 aliphatic heterocycles. The maximum Gasteiger partial charge on any atom is 0.0928 e. The van der Waals surface area contributed by atoms with E-state index in [-0.39, 0.29) is 16.8 Å². The van der Waals surface area contributed by atoms with Crippen LogP contribution in [-0.4, -0.2) is 45.9 Å². The van der Waals surface area contributed by atoms with Gasteiger partial charge in [0.15, 0.2) is 0 Å². The highest BCUT2D eigenvalue weighted by Gasteiger charge is 2.58. The summed E-state index contributed by atoms with van der Waals surface area (Å²) in [5.74, 6) is 0.581. The average Bonchev–Trinajstić information content (AvgIpc) is 2.87. The molecule has 0 aromatic rings. The molecular formula is C14H25NO2. The molecule has 98 valence electrons. The molecule has 0 spiro atoms. The van der Waals surface area contributed by atoms with Crippen LogP contribution in [-0.2, 0) is 4.74 Å². The fourth-order valence-electron chi connectivity index (χ4n) is 3.86. The summed E-state index contributed by atoms with van der Waals surface area (Å²) < 4.78 is 6.13. The van der Waals surface area contributed by atoms with E-state index in [4.69, 9.17) is 4.74 Å². The van der Waals surface area contributed by atoms with E-state index in [1.165, 1.54) is 12.8 Å². The Bertz CT molecular complexity index is 327. The molecule has 0 amide bonds. The zero-order valence-corrected chi connectivity index (χ0v) is 11.5. The van der Waals surface area contributed by atoms with Gasteiger partial charge >= 0.3 is 0 Å². The molecule has 0 aromatic carbocycles. The smallest absolute Gasteiger partial charge is 0.0928 e. The molecule has 2 heterocycles. The Hall–Kier alpha value is -0.120. The second-order valence-electron chi connectivity index (χ2n) is 7.47. The number of rotatable bonds is 2. The van der Waals surface area contributed by atoms with E-state index in [1.807, 2.05) is 0 Å². The van der Waals surface area contributed by atoms with Crippen molar-refractivity contribution in [3.63, 3.8) is 0 Å². The predicted octanol–water partition coefficient (Wildman–Crippen LogP) is 1.79. The van der Waals surface area contributed by atoms with Crippen LogP contribution in [0, 0.1) is 5.92 Å². The number of hydrogen-bond donors (Lipinski definition) is 1. The maximum atomic E-state index is 10.4. The minimum atomic E-state index is -0.372. The molecule has 1 aliphatic carbocycles. The van der Waals surface area contributed by atoms with E-state index in [1.54, 1.807) is 0 Å². The first-order chi connectivity index (χ1) is 7.72. The van der Waals surface area contributed by atoms with Gasteiger partial charge in [0, 0.05) is 19.1 Å². The summed E-state index contributed by atoms with van der Waals surface area (Å²) in [5.41, 5.74) is -0.487. The monoisotopic (exact) mass is 239 g/mol. The van der Waals surface area contributed by atoms with Crippen molar-refractivity contribution in [3.05, 3.63) is 0 Å². The third-order valence-electron chi connectivity index (χ3n) is 4.76. The lowest BCUT2D eigenvalue weighted by molar-refractivity contribution is -0.152. The topological polar surface area (TPSA) is 32.7 Å². The molecule has 3 fully saturated rings. The Morgan fingerprint density at radius 1 is 1.12 bits per heavy atom. The summed E-state index contributed by atoms with van der Waals surface area (Å²) >= 11 is 0. The summed E-state index contributed by atoms with van der Waals surface area (Å²) in [6.07, 6.45) is 3.52. The highest BCUT2D eigenvalue weighted by Crippen LogP contribution is 2.48. The molecule has 0 aromatic heterocycles. The standard InChI is InChI=1S/C14H25NO2/c1-12(2)7-11(13(3,4)17-12)15-8-14(16,9-15)10-5-6-10/h10-11,16H,5-9H2,1-4H3. The molecule has 17 heavy (non-hydrogen) atoms. The highest BCUT2D eigenvalue weighted by molar-refractivity contribution is 5.11. The number of β-amino-alcohol motifs (C(OH)–C–C–N with tert-alkyl or cyclic N) is 1. The van der Waals surface area contributed by atoms with E-state index in [2.05, 4.69) is 32.6 Å². The van der Waals surface area contributed by atoms with Crippen molar-refractivity contribution in [1.29, 1.82) is 0 Å². The van der Waals surface area contributed by atoms with Gasteiger partial charge in [0.1, 0.15) is 0 Å². The van der Waals surface area contributed by atoms with Crippen molar-refractivity contribution < 1.29 is 9.84 Å². The van der Waals surface area contributed by atoms with Crippen LogP contribution in [0.5, 0.6) is 0 Å². The van der Waals surface area contributed by atoms with Crippen LogP contribution in [0.3, 0.4) is 0 Å². The fourth-order valence-corrected chi connectivity index (χ4v) is 3.86. The lowest BCUT2D eigenvalue weighted by Gasteiger charge is -2.52. The summed E-state index contributed by atoms with van der Waals surface area (Å²) in [5, 5.41) is 10.4. The Morgan fingerprint density at radius 3 is 2.12 bits per heavy atom. The van der Waals surface area contributed by atoms with Gasteiger partial charge in [-0.25, -0.2) is 0 Å². The van der Waals surface area contributed by atoms with Crippen molar-refractivity contribution in [2.45, 2.75) is 69.8 Å². The maximum absolute atomic E-state index is 10.4. The van der Waals surface area contributed by atoms with Gasteiger partial charge in [-0.05, 0) is 52.9 Å². The quantitative estimate of drug-likeness (QED) is 0.797. The minimum absolute atomic E-state index is 0.0263. The van der Waals surface area contributed by atoms with Crippen LogP contribution >= 0.6 is 0 Å². The average molecular weight is 239 g/mol. The number of likely N-dealkylation sites (tertiary alicyclic amines) is 1. The van der Waals surface area contributed by atoms with E-state index in [0.717, 1.165) is 19.5 Å². The second kappa shape index (κ2) is 3.25. The van der Waals surface area contributed by atoms with Crippen LogP contribution in [0.1, 0.15) is 47.0 Å². The van der Waals surface area contributed by atoms with Crippen LogP contribution in [0.25, 0.3) is 0 Å². The molecule has 1 unspecified atom stereocenters. The molecule has 1 N–H and O–H groups in total. The highest BCUT2D eigenvalue weighted by atomic mass is 16.5. The molecule has 3 heteroatoms. The SMILES string of the molecule is CC1(C)CC(N2CC(O)(C3CC3)C2)C(C)(C)O1. The molecule has 1 saturated carbocycles. The van der Waals surface area contributed by atoms with E-state index in [9.17, 15) is 5.11 Å². The molecule has 3 nitrogen and oxygen atoms in total. The zero-order valence-electron chi connectivity index (χ0n) is 11.5. The van der Waals surface area contributed by atoms with Gasteiger partial charge in [-0.1, -0.05) is 0 Å². The molecule has 0 radical (unpaired) electrons. The normalized spacial score (nSPS) is 39.0. The molecule has 0 bridgehead atoms. The van der Waals surface area contributed by atoms with Gasteiger partial charge in [0.2, 0.25) is 0 Å². The third kappa shape index (κ3) is 1.92. The number of hydrogen-bond acceptors (Lipinski definition) is 3. The van der Waals surface area contributed by atoms with Crippen molar-refractivity contribution >= 4 is 0 Å². The fraction of sp³-hybridized carbons (Fsp3) is 1.00. The van der Waals surface area contributed by atoms with Gasteiger partial charge in [-0.15, -0.1) is 0 Å². The van der Waals surface area contributed by atoms with Gasteiger partial charge in [-0.2, -0.15) is 0 Å². The minimum Gasteiger partial charge on any atom is -0.387 e. The van der Waals surface area contributed by atoms with Crippen molar-refractivity contribution in [2.24, 2.45) is 5.92 Å². The van der Waals surface area contributed by atoms with Crippen molar-refractivity contribution in [3.8, 4) is 0 Å². The second-order valence-corrected chi connectivity index (χ2v) is 7.47. The van der Waals surface area contributed by atoms with E-state index >= 15 is 0 Å². The molecular weight excluding hydrogens is 214 g/mol. The summed E-state index contributed by atoms with van der Waals surface area (Å²) in [6, 6.07) is 0.455. The summed E-state index contributed by atoms with van der Waals surface area (Å²) in [4.78, 5) is 2.42. The van der Waals surface area contributed by atoms with Gasteiger partial charge in [0.25, 0.3) is 0 Å². The number of aliphatic hydroxyl groups is 1. The van der Waals surface area contributed by atoms with Crippen LogP contribution in [0.15, 0.2) is 0 Å². The van der Waals surface area contributed by atoms with Crippen molar-refractivity contribution in [1.82, 2.24) is 4.90 Å². The summed E-state index contributed by atoms with van der Waals surface area (Å²) in [6.45, 7) is 10.4. The molecule has 3 rings (SSSR count). The molecule has 2 saturated heterocycles. The lowest BCUT2D eigenvalue weighted by atomic mass is 9.83. The largest absolute Gasteiger partial charge is 0.387 e. The summed E-state index contributed by atoms with van der Waals surface area (Å²) in [7, 11) is 0. The Labute approximate surface area is 104 Å². The van der Waals surface area contributed by atoms with E-state index in [0.29, 0.717) is 12.0 Å². The van der Waals surface area contributed by atoms with Gasteiger partial charge < -0.3 is 9.84 Å². The van der Waals surface area contributed by atoms with E-state index < -0.39 is 0 Å². The van der Waals surface area contributed by atoms with Gasteiger partial charge in [-0.3, -0.25) is 4.90 Å². The number of ether oxygens (including phenoxy) is 1. The predicted molar refractivity (Wildman–Crippen MR) is 66.9 cm³/mol. The van der Waals surface area contributed by atoms with Gasteiger partial charge in [0.05, 0.1) is 16.8 Å². The third-order valence-corrected chi connectivity index (χ3v) is 4.76. The first-order valence-electron chi connectivity index (χ1n) is 6.89. The molecule has 1 atom stereocenters. The van der Waals surface area contributed by atoms with Crippen LogP contribution < -0.4 is 0 Å². The molecule has 3 aliphatic rings. The van der Waals surface area contributed by atoms with Crippen molar-refractivity contribution in [2.75, 3.05) is 13.1 Å². The van der Waals surface area contributed by atoms with Crippen LogP contribution in [0.2, 0.25) is 0 Å². The lowest BCUT2D eigenvalue weighted by Crippen LogP contribution is -2.68. The first kappa shape index (κ1) is 11.9. The Balaban J connectivity index is 1.66. The Morgan fingerprint density at radius 2 is 1.71 bits per heavy atom. The Kier molecular flexibility index (Phi) is 2.28. The number of nitrogens with zero attached hydrogens (tertiary/aromatic N) is 1.